The van der Waals surface area contributed by atoms with Gasteiger partial charge in [0.25, 0.3) is 0 Å². The Labute approximate surface area is 193 Å². The van der Waals surface area contributed by atoms with Gasteiger partial charge >= 0.3 is 7.67 Å². The van der Waals surface area contributed by atoms with Gasteiger partial charge in [-0.2, -0.15) is 0 Å². The number of hydrogen-bond donors (Lipinski definition) is 0. The van der Waals surface area contributed by atoms with Crippen molar-refractivity contribution < 1.29 is 17.5 Å². The van der Waals surface area contributed by atoms with Gasteiger partial charge in [0.1, 0.15) is 0 Å². The van der Waals surface area contributed by atoms with Gasteiger partial charge in [-0.3, -0.25) is 4.57 Å². The molecule has 0 amide bonds. The van der Waals surface area contributed by atoms with Crippen molar-refractivity contribution in [2.75, 3.05) is 62.1 Å². The Morgan fingerprint density at radius 1 is 0.828 bits per heavy atom. The van der Waals surface area contributed by atoms with E-state index in [1.165, 1.54) is 0 Å². The van der Waals surface area contributed by atoms with Crippen LogP contribution in [0.4, 0.5) is 0 Å². The summed E-state index contributed by atoms with van der Waals surface area (Å²) >= 11 is 23.5. The standard InChI is InChI=1S/C17H27Cl4N2O4PS/c18-6-10-22(11-7-19)28(24,23(12-8-20)13-9-21)27-14-15-29(25,26)16-17-4-2-1-3-5-17/h1-5H,6-16H2. The molecule has 1 aromatic carbocycles. The van der Waals surface area contributed by atoms with Crippen LogP contribution in [0, 0.1) is 0 Å². The third-order valence-electron chi connectivity index (χ3n) is 3.97. The Morgan fingerprint density at radius 2 is 1.28 bits per heavy atom. The highest BCUT2D eigenvalue weighted by molar-refractivity contribution is 7.90. The summed E-state index contributed by atoms with van der Waals surface area (Å²) in [6.07, 6.45) is 0. The lowest BCUT2D eigenvalue weighted by Gasteiger charge is -2.37. The van der Waals surface area contributed by atoms with Crippen LogP contribution in [0.25, 0.3) is 0 Å². The normalized spacial score (nSPS) is 12.8. The average Bonchev–Trinajstić information content (AvgIpc) is 2.67. The molecule has 0 bridgehead atoms. The summed E-state index contributed by atoms with van der Waals surface area (Å²) in [5.41, 5.74) is 0.687. The lowest BCUT2D eigenvalue weighted by molar-refractivity contribution is 0.226. The molecular weight excluding hydrogens is 501 g/mol. The van der Waals surface area contributed by atoms with Gasteiger partial charge in [0, 0.05) is 49.7 Å². The first-order valence-electron chi connectivity index (χ1n) is 9.06. The molecule has 0 saturated carbocycles. The molecule has 0 fully saturated rings. The zero-order valence-corrected chi connectivity index (χ0v) is 20.8. The molecule has 1 rings (SSSR count). The molecule has 6 nitrogen and oxygen atoms in total. The maximum Gasteiger partial charge on any atom is 0.346 e. The minimum absolute atomic E-state index is 0.109. The minimum Gasteiger partial charge on any atom is -0.305 e. The summed E-state index contributed by atoms with van der Waals surface area (Å²) < 4.78 is 47.5. The van der Waals surface area contributed by atoms with Crippen LogP contribution in [0.3, 0.4) is 0 Å². The Bertz CT molecular complexity index is 695. The van der Waals surface area contributed by atoms with E-state index < -0.39 is 17.5 Å². The second kappa shape index (κ2) is 14.5. The fourth-order valence-electron chi connectivity index (χ4n) is 2.64. The van der Waals surface area contributed by atoms with Crippen LogP contribution >= 0.6 is 54.1 Å². The van der Waals surface area contributed by atoms with E-state index in [0.29, 0.717) is 5.56 Å². The van der Waals surface area contributed by atoms with Gasteiger partial charge in [0.2, 0.25) is 0 Å². The lowest BCUT2D eigenvalue weighted by atomic mass is 10.2. The number of hydrogen-bond acceptors (Lipinski definition) is 4. The largest absolute Gasteiger partial charge is 0.346 e. The second-order valence-electron chi connectivity index (χ2n) is 6.06. The molecule has 0 N–H and O–H groups in total. The minimum atomic E-state index is -3.61. The van der Waals surface area contributed by atoms with E-state index in [1.807, 2.05) is 6.07 Å². The summed E-state index contributed by atoms with van der Waals surface area (Å²) in [6, 6.07) is 8.87. The number of benzene rings is 1. The van der Waals surface area contributed by atoms with Crippen molar-refractivity contribution in [2.45, 2.75) is 5.75 Å². The van der Waals surface area contributed by atoms with Crippen molar-refractivity contribution in [3.05, 3.63) is 35.9 Å². The molecule has 0 radical (unpaired) electrons. The van der Waals surface area contributed by atoms with Crippen LogP contribution in [0.2, 0.25) is 0 Å². The van der Waals surface area contributed by atoms with Crippen molar-refractivity contribution in [3.8, 4) is 0 Å². The van der Waals surface area contributed by atoms with Crippen molar-refractivity contribution in [1.29, 1.82) is 0 Å². The van der Waals surface area contributed by atoms with Crippen molar-refractivity contribution in [2.24, 2.45) is 0 Å². The van der Waals surface area contributed by atoms with Crippen LogP contribution in [-0.2, 0) is 24.7 Å². The van der Waals surface area contributed by atoms with Crippen LogP contribution in [0.5, 0.6) is 0 Å². The predicted molar refractivity (Wildman–Crippen MR) is 124 cm³/mol. The molecule has 0 aliphatic carbocycles. The molecule has 0 atom stereocenters. The topological polar surface area (TPSA) is 66.9 Å². The first-order chi connectivity index (χ1) is 13.8. The maximum absolute atomic E-state index is 13.8. The fourth-order valence-corrected chi connectivity index (χ4v) is 7.66. The molecule has 0 aliphatic rings. The van der Waals surface area contributed by atoms with E-state index >= 15 is 0 Å². The summed E-state index contributed by atoms with van der Waals surface area (Å²) in [4.78, 5) is 0. The molecule has 0 spiro atoms. The molecule has 1 aromatic rings. The number of rotatable bonds is 16. The number of halogens is 4. The van der Waals surface area contributed by atoms with Crippen molar-refractivity contribution >= 4 is 63.9 Å². The smallest absolute Gasteiger partial charge is 0.305 e. The molecule has 168 valence electrons. The van der Waals surface area contributed by atoms with Crippen LogP contribution in [0.1, 0.15) is 5.56 Å². The summed E-state index contributed by atoms with van der Waals surface area (Å²) in [5.74, 6) is 0.481. The van der Waals surface area contributed by atoms with Crippen LogP contribution < -0.4 is 0 Å². The third kappa shape index (κ3) is 9.63. The van der Waals surface area contributed by atoms with E-state index in [9.17, 15) is 13.0 Å². The molecule has 29 heavy (non-hydrogen) atoms. The van der Waals surface area contributed by atoms with Gasteiger partial charge in [-0.05, 0) is 5.56 Å². The third-order valence-corrected chi connectivity index (χ3v) is 8.96. The van der Waals surface area contributed by atoms with Crippen LogP contribution in [-0.4, -0.2) is 79.8 Å². The Hall–Kier alpha value is 0.440. The van der Waals surface area contributed by atoms with E-state index in [1.54, 1.807) is 33.6 Å². The maximum atomic E-state index is 13.8. The van der Waals surface area contributed by atoms with E-state index in [4.69, 9.17) is 50.9 Å². The number of alkyl halides is 4. The van der Waals surface area contributed by atoms with Gasteiger partial charge in [-0.1, -0.05) is 30.3 Å². The highest BCUT2D eigenvalue weighted by atomic mass is 35.5. The quantitative estimate of drug-likeness (QED) is 0.236. The van der Waals surface area contributed by atoms with Crippen LogP contribution in [0.15, 0.2) is 30.3 Å². The fraction of sp³-hybridized carbons (Fsp3) is 0.647. The molecule has 0 unspecified atom stereocenters. The molecular formula is C17H27Cl4N2O4PS. The molecule has 0 aliphatic heterocycles. The predicted octanol–water partition coefficient (Wildman–Crippen LogP) is 4.29. The summed E-state index contributed by atoms with van der Waals surface area (Å²) in [5, 5.41) is 0. The van der Waals surface area contributed by atoms with E-state index in [-0.39, 0.29) is 67.8 Å². The molecule has 12 heteroatoms. The highest BCUT2D eigenvalue weighted by Crippen LogP contribution is 2.54. The Morgan fingerprint density at radius 3 is 1.69 bits per heavy atom. The van der Waals surface area contributed by atoms with Gasteiger partial charge in [0.15, 0.2) is 9.84 Å². The highest BCUT2D eigenvalue weighted by Gasteiger charge is 2.38. The molecule has 0 saturated heterocycles. The van der Waals surface area contributed by atoms with Gasteiger partial charge in [-0.25, -0.2) is 17.8 Å². The first kappa shape index (κ1) is 27.5. The molecule has 0 heterocycles. The SMILES string of the molecule is O=P(OCCS(=O)(=O)Cc1ccccc1)(N(CCCl)CCCl)N(CCCl)CCCl. The zero-order valence-electron chi connectivity index (χ0n) is 16.1. The summed E-state index contributed by atoms with van der Waals surface area (Å²) in [7, 11) is -7.05. The Balaban J connectivity index is 2.94. The van der Waals surface area contributed by atoms with Gasteiger partial charge in [-0.15, -0.1) is 46.4 Å². The van der Waals surface area contributed by atoms with Crippen molar-refractivity contribution in [1.82, 2.24) is 9.34 Å². The zero-order chi connectivity index (χ0) is 21.8. The van der Waals surface area contributed by atoms with E-state index in [2.05, 4.69) is 0 Å². The first-order valence-corrected chi connectivity index (χ1v) is 14.6. The van der Waals surface area contributed by atoms with Gasteiger partial charge in [0.05, 0.1) is 18.1 Å². The van der Waals surface area contributed by atoms with Gasteiger partial charge < -0.3 is 4.52 Å². The van der Waals surface area contributed by atoms with Crippen molar-refractivity contribution in [3.63, 3.8) is 0 Å². The lowest BCUT2D eigenvalue weighted by Crippen LogP contribution is -2.38. The summed E-state index contributed by atoms with van der Waals surface area (Å²) in [6.45, 7) is 0.841. The number of nitrogens with zero attached hydrogens (tertiary/aromatic N) is 2. The van der Waals surface area contributed by atoms with E-state index in [0.717, 1.165) is 0 Å². The molecule has 0 aromatic heterocycles. The Kier molecular flexibility index (Phi) is 13.7. The average molecular weight is 528 g/mol. The second-order valence-corrected chi connectivity index (χ2v) is 12.1. The number of sulfone groups is 1. The monoisotopic (exact) mass is 526 g/mol.